The molecule has 2 rings (SSSR count). The number of aryl methyl sites for hydroxylation is 2. The molecule has 0 bridgehead atoms. The van der Waals surface area contributed by atoms with Crippen molar-refractivity contribution in [2.75, 3.05) is 18.0 Å². The maximum atomic E-state index is 10.5. The highest BCUT2D eigenvalue weighted by Gasteiger charge is 2.29. The third kappa shape index (κ3) is 2.69. The van der Waals surface area contributed by atoms with Crippen LogP contribution in [0, 0.1) is 12.8 Å². The SMILES string of the molecule is Cc1ccc2c(c1)CCCN2CC(C)(O)C(C)C. The van der Waals surface area contributed by atoms with Crippen LogP contribution in [0.4, 0.5) is 5.69 Å². The Morgan fingerprint density at radius 2 is 2.11 bits per heavy atom. The van der Waals surface area contributed by atoms with Gasteiger partial charge in [-0.15, -0.1) is 0 Å². The lowest BCUT2D eigenvalue weighted by Gasteiger charge is -2.38. The topological polar surface area (TPSA) is 23.5 Å². The lowest BCUT2D eigenvalue weighted by molar-refractivity contribution is 0.0203. The van der Waals surface area contributed by atoms with Crippen molar-refractivity contribution in [2.24, 2.45) is 5.92 Å². The second kappa shape index (κ2) is 4.93. The number of nitrogens with zero attached hydrogens (tertiary/aromatic N) is 1. The highest BCUT2D eigenvalue weighted by Crippen LogP contribution is 2.30. The first kappa shape index (κ1) is 13.4. The molecule has 2 nitrogen and oxygen atoms in total. The van der Waals surface area contributed by atoms with Gasteiger partial charge in [0.1, 0.15) is 0 Å². The highest BCUT2D eigenvalue weighted by atomic mass is 16.3. The van der Waals surface area contributed by atoms with Gasteiger partial charge in [0, 0.05) is 18.8 Å². The summed E-state index contributed by atoms with van der Waals surface area (Å²) in [4.78, 5) is 2.35. The summed E-state index contributed by atoms with van der Waals surface area (Å²) >= 11 is 0. The summed E-state index contributed by atoms with van der Waals surface area (Å²) in [7, 11) is 0. The van der Waals surface area contributed by atoms with Crippen molar-refractivity contribution >= 4 is 5.69 Å². The number of anilines is 1. The van der Waals surface area contributed by atoms with E-state index in [2.05, 4.69) is 43.9 Å². The molecule has 0 saturated carbocycles. The second-order valence-electron chi connectivity index (χ2n) is 6.17. The maximum absolute atomic E-state index is 10.5. The lowest BCUT2D eigenvalue weighted by Crippen LogP contribution is -2.46. The number of fused-ring (bicyclic) bond motifs is 1. The second-order valence-corrected chi connectivity index (χ2v) is 6.17. The van der Waals surface area contributed by atoms with E-state index in [1.165, 1.54) is 23.2 Å². The number of hydrogen-bond acceptors (Lipinski definition) is 2. The molecule has 100 valence electrons. The number of β-amino-alcohol motifs (C(OH)–C–C–N with tert-alkyl or cyclic N) is 1. The fourth-order valence-corrected chi connectivity index (χ4v) is 2.54. The van der Waals surface area contributed by atoms with Gasteiger partial charge in [-0.3, -0.25) is 0 Å². The van der Waals surface area contributed by atoms with Crippen LogP contribution >= 0.6 is 0 Å². The molecule has 1 heterocycles. The third-order valence-corrected chi connectivity index (χ3v) is 4.20. The summed E-state index contributed by atoms with van der Waals surface area (Å²) in [5.41, 5.74) is 3.44. The van der Waals surface area contributed by atoms with Gasteiger partial charge in [0.05, 0.1) is 5.60 Å². The zero-order valence-corrected chi connectivity index (χ0v) is 12.0. The molecule has 2 heteroatoms. The largest absolute Gasteiger partial charge is 0.388 e. The number of rotatable bonds is 3. The predicted octanol–water partition coefficient (Wildman–Crippen LogP) is 3.15. The van der Waals surface area contributed by atoms with E-state index in [0.717, 1.165) is 19.5 Å². The van der Waals surface area contributed by atoms with Crippen LogP contribution in [0.5, 0.6) is 0 Å². The molecule has 1 N–H and O–H groups in total. The Kier molecular flexibility index (Phi) is 3.67. The standard InChI is InChI=1S/C16H25NO/c1-12(2)16(4,18)11-17-9-5-6-14-10-13(3)7-8-15(14)17/h7-8,10,12,18H,5-6,9,11H2,1-4H3. The first-order valence-electron chi connectivity index (χ1n) is 6.97. The van der Waals surface area contributed by atoms with Crippen molar-refractivity contribution in [3.63, 3.8) is 0 Å². The minimum atomic E-state index is -0.625. The molecule has 0 aliphatic carbocycles. The van der Waals surface area contributed by atoms with E-state index in [9.17, 15) is 5.11 Å². The Hall–Kier alpha value is -1.02. The van der Waals surface area contributed by atoms with Crippen LogP contribution in [0.15, 0.2) is 18.2 Å². The van der Waals surface area contributed by atoms with Gasteiger partial charge in [-0.1, -0.05) is 31.5 Å². The summed E-state index contributed by atoms with van der Waals surface area (Å²) in [6.45, 7) is 10.0. The van der Waals surface area contributed by atoms with Crippen molar-refractivity contribution in [3.05, 3.63) is 29.3 Å². The normalized spacial score (nSPS) is 18.7. The zero-order chi connectivity index (χ0) is 13.3. The van der Waals surface area contributed by atoms with E-state index >= 15 is 0 Å². The van der Waals surface area contributed by atoms with E-state index in [4.69, 9.17) is 0 Å². The fourth-order valence-electron chi connectivity index (χ4n) is 2.54. The molecule has 0 aromatic heterocycles. The first-order chi connectivity index (χ1) is 8.40. The fraction of sp³-hybridized carbons (Fsp3) is 0.625. The van der Waals surface area contributed by atoms with Gasteiger partial charge in [-0.05, 0) is 44.2 Å². The molecule has 1 aliphatic rings. The average molecular weight is 247 g/mol. The molecular formula is C16H25NO. The summed E-state index contributed by atoms with van der Waals surface area (Å²) < 4.78 is 0. The van der Waals surface area contributed by atoms with E-state index in [1.54, 1.807) is 0 Å². The average Bonchev–Trinajstić information content (AvgIpc) is 2.28. The zero-order valence-electron chi connectivity index (χ0n) is 12.0. The van der Waals surface area contributed by atoms with E-state index in [-0.39, 0.29) is 5.92 Å². The molecule has 0 amide bonds. The summed E-state index contributed by atoms with van der Waals surface area (Å²) in [5.74, 6) is 0.272. The van der Waals surface area contributed by atoms with E-state index in [1.807, 2.05) is 6.92 Å². The Morgan fingerprint density at radius 3 is 2.78 bits per heavy atom. The third-order valence-electron chi connectivity index (χ3n) is 4.20. The van der Waals surface area contributed by atoms with Crippen LogP contribution < -0.4 is 4.90 Å². The molecule has 1 aliphatic heterocycles. The highest BCUT2D eigenvalue weighted by molar-refractivity contribution is 5.57. The Balaban J connectivity index is 2.23. The van der Waals surface area contributed by atoms with Crippen LogP contribution in [0.2, 0.25) is 0 Å². The molecule has 1 unspecified atom stereocenters. The van der Waals surface area contributed by atoms with Gasteiger partial charge >= 0.3 is 0 Å². The molecule has 1 aromatic rings. The monoisotopic (exact) mass is 247 g/mol. The van der Waals surface area contributed by atoms with Crippen LogP contribution in [-0.2, 0) is 6.42 Å². The van der Waals surface area contributed by atoms with Gasteiger partial charge in [0.2, 0.25) is 0 Å². The molecular weight excluding hydrogens is 222 g/mol. The van der Waals surface area contributed by atoms with Crippen molar-refractivity contribution in [2.45, 2.75) is 46.1 Å². The van der Waals surface area contributed by atoms with Gasteiger partial charge in [-0.25, -0.2) is 0 Å². The van der Waals surface area contributed by atoms with Gasteiger partial charge < -0.3 is 10.0 Å². The van der Waals surface area contributed by atoms with Crippen molar-refractivity contribution < 1.29 is 5.11 Å². The number of hydrogen-bond donors (Lipinski definition) is 1. The summed E-state index contributed by atoms with van der Waals surface area (Å²) in [6.07, 6.45) is 2.35. The minimum Gasteiger partial charge on any atom is -0.388 e. The quantitative estimate of drug-likeness (QED) is 0.887. The predicted molar refractivity (Wildman–Crippen MR) is 77.2 cm³/mol. The molecule has 0 spiro atoms. The summed E-state index contributed by atoms with van der Waals surface area (Å²) in [5, 5.41) is 10.5. The first-order valence-corrected chi connectivity index (χ1v) is 6.97. The van der Waals surface area contributed by atoms with E-state index < -0.39 is 5.60 Å². The van der Waals surface area contributed by atoms with Crippen molar-refractivity contribution in [3.8, 4) is 0 Å². The lowest BCUT2D eigenvalue weighted by atomic mass is 9.90. The molecule has 0 saturated heterocycles. The van der Waals surface area contributed by atoms with Crippen LogP contribution in [0.1, 0.15) is 38.3 Å². The Labute approximate surface area is 111 Å². The van der Waals surface area contributed by atoms with Crippen molar-refractivity contribution in [1.29, 1.82) is 0 Å². The maximum Gasteiger partial charge on any atom is 0.0816 e. The Morgan fingerprint density at radius 1 is 1.39 bits per heavy atom. The number of aliphatic hydroxyl groups is 1. The van der Waals surface area contributed by atoms with Gasteiger partial charge in [0.15, 0.2) is 0 Å². The van der Waals surface area contributed by atoms with Crippen LogP contribution in [0.3, 0.4) is 0 Å². The van der Waals surface area contributed by atoms with Crippen LogP contribution in [-0.4, -0.2) is 23.8 Å². The Bertz CT molecular complexity index is 423. The molecule has 1 aromatic carbocycles. The van der Waals surface area contributed by atoms with Crippen molar-refractivity contribution in [1.82, 2.24) is 0 Å². The smallest absolute Gasteiger partial charge is 0.0816 e. The van der Waals surface area contributed by atoms with E-state index in [0.29, 0.717) is 0 Å². The van der Waals surface area contributed by atoms with Gasteiger partial charge in [0.25, 0.3) is 0 Å². The summed E-state index contributed by atoms with van der Waals surface area (Å²) in [6, 6.07) is 6.66. The number of benzene rings is 1. The minimum absolute atomic E-state index is 0.272. The van der Waals surface area contributed by atoms with Crippen LogP contribution in [0.25, 0.3) is 0 Å². The molecule has 1 atom stereocenters. The van der Waals surface area contributed by atoms with Gasteiger partial charge in [-0.2, -0.15) is 0 Å². The molecule has 18 heavy (non-hydrogen) atoms. The molecule has 0 fully saturated rings. The molecule has 0 radical (unpaired) electrons.